The first-order valence-electron chi connectivity index (χ1n) is 5.91. The summed E-state index contributed by atoms with van der Waals surface area (Å²) >= 11 is 0. The van der Waals surface area contributed by atoms with Crippen LogP contribution >= 0.6 is 0 Å². The second-order valence-electron chi connectivity index (χ2n) is 5.16. The standard InChI is InChI=1S/C13H17F4NO2/c1-12(2,7-19)10(18)8-3-5-9(6-4-8)20-13(16,17)11(14)15/h3-6,10-11,19H,7,18H2,1-2H3/t10-/m0/s1. The van der Waals surface area contributed by atoms with Crippen molar-refractivity contribution in [2.45, 2.75) is 32.4 Å². The van der Waals surface area contributed by atoms with Crippen LogP contribution < -0.4 is 10.5 Å². The maximum Gasteiger partial charge on any atom is 0.461 e. The van der Waals surface area contributed by atoms with Crippen molar-refractivity contribution >= 4 is 0 Å². The highest BCUT2D eigenvalue weighted by molar-refractivity contribution is 5.30. The van der Waals surface area contributed by atoms with Gasteiger partial charge in [-0.2, -0.15) is 17.6 Å². The van der Waals surface area contributed by atoms with Crippen molar-refractivity contribution in [2.75, 3.05) is 6.61 Å². The second-order valence-corrected chi connectivity index (χ2v) is 5.16. The van der Waals surface area contributed by atoms with E-state index in [2.05, 4.69) is 4.74 Å². The maximum absolute atomic E-state index is 12.7. The Kier molecular flexibility index (Phi) is 4.99. The van der Waals surface area contributed by atoms with Gasteiger partial charge in [0.2, 0.25) is 0 Å². The molecule has 0 heterocycles. The van der Waals surface area contributed by atoms with Crippen molar-refractivity contribution < 1.29 is 27.4 Å². The molecule has 3 N–H and O–H groups in total. The first-order valence-corrected chi connectivity index (χ1v) is 5.91. The summed E-state index contributed by atoms with van der Waals surface area (Å²) < 4.78 is 53.3. The molecule has 0 saturated carbocycles. The molecule has 0 aliphatic rings. The average Bonchev–Trinajstić information content (AvgIpc) is 2.38. The molecule has 1 atom stereocenters. The number of rotatable bonds is 6. The molecule has 3 nitrogen and oxygen atoms in total. The smallest absolute Gasteiger partial charge is 0.428 e. The van der Waals surface area contributed by atoms with E-state index >= 15 is 0 Å². The monoisotopic (exact) mass is 295 g/mol. The number of aliphatic hydroxyl groups is 1. The fraction of sp³-hybridized carbons (Fsp3) is 0.538. The normalized spacial score (nSPS) is 14.4. The van der Waals surface area contributed by atoms with E-state index in [1.807, 2.05) is 0 Å². The zero-order valence-electron chi connectivity index (χ0n) is 11.1. The Morgan fingerprint density at radius 1 is 1.20 bits per heavy atom. The van der Waals surface area contributed by atoms with E-state index in [4.69, 9.17) is 5.73 Å². The molecule has 0 unspecified atom stereocenters. The predicted octanol–water partition coefficient (Wildman–Crippen LogP) is 2.94. The van der Waals surface area contributed by atoms with Gasteiger partial charge in [0.15, 0.2) is 0 Å². The summed E-state index contributed by atoms with van der Waals surface area (Å²) in [5, 5.41) is 9.21. The fourth-order valence-corrected chi connectivity index (χ4v) is 1.49. The number of halogens is 4. The van der Waals surface area contributed by atoms with Gasteiger partial charge in [0.05, 0.1) is 0 Å². The molecule has 0 spiro atoms. The van der Waals surface area contributed by atoms with Gasteiger partial charge in [0.1, 0.15) is 5.75 Å². The van der Waals surface area contributed by atoms with Gasteiger partial charge in [-0.3, -0.25) is 0 Å². The number of nitrogens with two attached hydrogens (primary N) is 1. The Labute approximate surface area is 114 Å². The number of hydrogen-bond acceptors (Lipinski definition) is 3. The largest absolute Gasteiger partial charge is 0.461 e. The number of aliphatic hydroxyl groups excluding tert-OH is 1. The molecular formula is C13H17F4NO2. The van der Waals surface area contributed by atoms with Gasteiger partial charge in [-0.25, -0.2) is 0 Å². The van der Waals surface area contributed by atoms with Crippen LogP contribution in [-0.4, -0.2) is 24.2 Å². The van der Waals surface area contributed by atoms with Crippen molar-refractivity contribution in [3.05, 3.63) is 29.8 Å². The van der Waals surface area contributed by atoms with E-state index < -0.39 is 24.0 Å². The Bertz CT molecular complexity index is 435. The molecule has 1 aromatic rings. The van der Waals surface area contributed by atoms with Crippen molar-refractivity contribution in [3.63, 3.8) is 0 Å². The summed E-state index contributed by atoms with van der Waals surface area (Å²) in [5.74, 6) is -0.381. The number of hydrogen-bond donors (Lipinski definition) is 2. The maximum atomic E-state index is 12.7. The summed E-state index contributed by atoms with van der Waals surface area (Å²) in [4.78, 5) is 0. The topological polar surface area (TPSA) is 55.5 Å². The van der Waals surface area contributed by atoms with Gasteiger partial charge >= 0.3 is 12.5 Å². The summed E-state index contributed by atoms with van der Waals surface area (Å²) in [6.07, 6.45) is -8.44. The Balaban J connectivity index is 2.85. The van der Waals surface area contributed by atoms with Crippen LogP contribution in [0.15, 0.2) is 24.3 Å². The van der Waals surface area contributed by atoms with Crippen molar-refractivity contribution in [1.29, 1.82) is 0 Å². The molecule has 20 heavy (non-hydrogen) atoms. The molecule has 0 bridgehead atoms. The predicted molar refractivity (Wildman–Crippen MR) is 65.8 cm³/mol. The molecule has 1 aromatic carbocycles. The Hall–Kier alpha value is -1.34. The third-order valence-corrected chi connectivity index (χ3v) is 3.00. The molecular weight excluding hydrogens is 278 g/mol. The van der Waals surface area contributed by atoms with Crippen molar-refractivity contribution in [2.24, 2.45) is 11.1 Å². The summed E-state index contributed by atoms with van der Waals surface area (Å²) in [6, 6.07) is 4.55. The van der Waals surface area contributed by atoms with Gasteiger partial charge in [0, 0.05) is 18.1 Å². The van der Waals surface area contributed by atoms with Crippen LogP contribution in [0.3, 0.4) is 0 Å². The van der Waals surface area contributed by atoms with Crippen molar-refractivity contribution in [1.82, 2.24) is 0 Å². The highest BCUT2D eigenvalue weighted by Crippen LogP contribution is 2.33. The van der Waals surface area contributed by atoms with Gasteiger partial charge in [-0.1, -0.05) is 26.0 Å². The molecule has 1 rings (SSSR count). The van der Waals surface area contributed by atoms with Gasteiger partial charge in [-0.15, -0.1) is 0 Å². The lowest BCUT2D eigenvalue weighted by molar-refractivity contribution is -0.253. The molecule has 0 fully saturated rings. The quantitative estimate of drug-likeness (QED) is 0.793. The van der Waals surface area contributed by atoms with Gasteiger partial charge < -0.3 is 15.6 Å². The van der Waals surface area contributed by atoms with Crippen molar-refractivity contribution in [3.8, 4) is 5.75 Å². The molecule has 0 amide bonds. The molecule has 0 radical (unpaired) electrons. The second kappa shape index (κ2) is 5.97. The highest BCUT2D eigenvalue weighted by Gasteiger charge is 2.44. The lowest BCUT2D eigenvalue weighted by atomic mass is 9.82. The van der Waals surface area contributed by atoms with Crippen LogP contribution in [0.1, 0.15) is 25.5 Å². The molecule has 0 saturated heterocycles. The van der Waals surface area contributed by atoms with E-state index in [1.54, 1.807) is 13.8 Å². The third-order valence-electron chi connectivity index (χ3n) is 3.00. The van der Waals surface area contributed by atoms with E-state index in [1.165, 1.54) is 12.1 Å². The zero-order valence-corrected chi connectivity index (χ0v) is 11.1. The van der Waals surface area contributed by atoms with Crippen LogP contribution in [0.2, 0.25) is 0 Å². The minimum atomic E-state index is -4.53. The van der Waals surface area contributed by atoms with Gasteiger partial charge in [0.25, 0.3) is 0 Å². The lowest BCUT2D eigenvalue weighted by Gasteiger charge is -2.29. The Morgan fingerprint density at radius 2 is 1.70 bits per heavy atom. The summed E-state index contributed by atoms with van der Waals surface area (Å²) in [5.41, 5.74) is 5.92. The first-order chi connectivity index (χ1) is 9.10. The van der Waals surface area contributed by atoms with E-state index in [0.29, 0.717) is 5.56 Å². The van der Waals surface area contributed by atoms with Gasteiger partial charge in [-0.05, 0) is 17.7 Å². The minimum absolute atomic E-state index is 0.157. The third kappa shape index (κ3) is 3.83. The van der Waals surface area contributed by atoms with Crippen LogP contribution in [0.25, 0.3) is 0 Å². The fourth-order valence-electron chi connectivity index (χ4n) is 1.49. The van der Waals surface area contributed by atoms with Crippen LogP contribution in [0.4, 0.5) is 17.6 Å². The lowest BCUT2D eigenvalue weighted by Crippen LogP contribution is -2.33. The minimum Gasteiger partial charge on any atom is -0.428 e. The average molecular weight is 295 g/mol. The zero-order chi connectivity index (χ0) is 15.6. The van der Waals surface area contributed by atoms with E-state index in [0.717, 1.165) is 12.1 Å². The number of benzene rings is 1. The summed E-state index contributed by atoms with van der Waals surface area (Å²) in [6.45, 7) is 3.33. The molecule has 114 valence electrons. The first kappa shape index (κ1) is 16.7. The van der Waals surface area contributed by atoms with E-state index in [-0.39, 0.29) is 12.4 Å². The van der Waals surface area contributed by atoms with Crippen LogP contribution in [-0.2, 0) is 0 Å². The van der Waals surface area contributed by atoms with E-state index in [9.17, 15) is 22.7 Å². The molecule has 7 heteroatoms. The molecule has 0 aliphatic carbocycles. The SMILES string of the molecule is CC(C)(CO)[C@@H](N)c1ccc(OC(F)(F)C(F)F)cc1. The molecule has 0 aliphatic heterocycles. The van der Waals surface area contributed by atoms with Crippen LogP contribution in [0.5, 0.6) is 5.75 Å². The summed E-state index contributed by atoms with van der Waals surface area (Å²) in [7, 11) is 0. The number of ether oxygens (including phenoxy) is 1. The Morgan fingerprint density at radius 3 is 2.10 bits per heavy atom. The van der Waals surface area contributed by atoms with Crippen LogP contribution in [0, 0.1) is 5.41 Å². The number of alkyl halides is 4. The highest BCUT2D eigenvalue weighted by atomic mass is 19.3. The molecule has 0 aromatic heterocycles.